The molecule has 0 fully saturated rings. The zero-order valence-corrected chi connectivity index (χ0v) is 21.7. The van der Waals surface area contributed by atoms with Crippen LogP contribution in [0.4, 0.5) is 0 Å². The maximum atomic E-state index is 13.4. The van der Waals surface area contributed by atoms with E-state index < -0.39 is 10.3 Å². The zero-order chi connectivity index (χ0) is 24.7. The van der Waals surface area contributed by atoms with Crippen molar-refractivity contribution in [2.75, 3.05) is 28.4 Å². The molecule has 8 nitrogen and oxygen atoms in total. The fraction of sp³-hybridized carbons (Fsp3) is 0.250. The third-order valence-electron chi connectivity index (χ3n) is 5.01. The molecule has 0 unspecified atom stereocenters. The van der Waals surface area contributed by atoms with Gasteiger partial charge < -0.3 is 23.1 Å². The Morgan fingerprint density at radius 3 is 1.53 bits per heavy atom. The first-order valence-corrected chi connectivity index (χ1v) is 12.3. The molecule has 0 bridgehead atoms. The Balaban J connectivity index is 2.00. The Labute approximate surface area is 208 Å². The van der Waals surface area contributed by atoms with Crippen LogP contribution in [0.25, 0.3) is 0 Å². The van der Waals surface area contributed by atoms with E-state index in [1.165, 1.54) is 18.5 Å². The minimum absolute atomic E-state index is 0.0127. The smallest absolute Gasteiger partial charge is 0.385 e. The molecule has 34 heavy (non-hydrogen) atoms. The number of rotatable bonds is 11. The maximum absolute atomic E-state index is 13.4. The van der Waals surface area contributed by atoms with Gasteiger partial charge in [-0.1, -0.05) is 28.1 Å². The molecule has 0 aliphatic rings. The second kappa shape index (κ2) is 11.5. The van der Waals surface area contributed by atoms with E-state index in [1.807, 2.05) is 0 Å². The lowest BCUT2D eigenvalue weighted by Gasteiger charge is -2.24. The van der Waals surface area contributed by atoms with Crippen molar-refractivity contribution in [3.63, 3.8) is 0 Å². The first kappa shape index (κ1) is 25.7. The van der Waals surface area contributed by atoms with Crippen molar-refractivity contribution >= 4 is 26.2 Å². The van der Waals surface area contributed by atoms with Gasteiger partial charge in [0.15, 0.2) is 0 Å². The van der Waals surface area contributed by atoms with Crippen LogP contribution in [0, 0.1) is 0 Å². The van der Waals surface area contributed by atoms with Gasteiger partial charge in [-0.3, -0.25) is 0 Å². The summed E-state index contributed by atoms with van der Waals surface area (Å²) in [6.07, 6.45) is 0. The van der Waals surface area contributed by atoms with Crippen molar-refractivity contribution in [3.05, 3.63) is 76.3 Å². The van der Waals surface area contributed by atoms with Crippen LogP contribution in [0.15, 0.2) is 65.1 Å². The molecule has 0 saturated carbocycles. The molecule has 3 aromatic rings. The molecule has 0 heterocycles. The van der Waals surface area contributed by atoms with Crippen molar-refractivity contribution < 1.29 is 31.5 Å². The van der Waals surface area contributed by atoms with Crippen LogP contribution in [0.1, 0.15) is 11.1 Å². The lowest BCUT2D eigenvalue weighted by molar-refractivity contribution is 0.329. The predicted octanol–water partition coefficient (Wildman–Crippen LogP) is 4.81. The summed E-state index contributed by atoms with van der Waals surface area (Å²) in [6, 6.07) is 16.9. The van der Waals surface area contributed by atoms with Crippen molar-refractivity contribution in [1.29, 1.82) is 0 Å². The quantitative estimate of drug-likeness (QED) is 0.338. The molecule has 182 valence electrons. The van der Waals surface area contributed by atoms with Gasteiger partial charge in [-0.15, -0.1) is 0 Å². The second-order valence-electron chi connectivity index (χ2n) is 7.12. The summed E-state index contributed by atoms with van der Waals surface area (Å²) >= 11 is 3.33. The Morgan fingerprint density at radius 2 is 1.12 bits per heavy atom. The summed E-state index contributed by atoms with van der Waals surface area (Å²) in [4.78, 5) is 0. The van der Waals surface area contributed by atoms with E-state index >= 15 is 0 Å². The fourth-order valence-electron chi connectivity index (χ4n) is 3.22. The molecule has 0 spiro atoms. The van der Waals surface area contributed by atoms with Crippen LogP contribution in [-0.4, -0.2) is 41.2 Å². The SMILES string of the molecule is COc1ccc(CN(Cc2ccc(OC)cc2OC)S(=O)(=O)Oc2ccc(Br)cc2)c(OC)c1. The Bertz CT molecular complexity index is 1160. The van der Waals surface area contributed by atoms with E-state index in [9.17, 15) is 8.42 Å². The highest BCUT2D eigenvalue weighted by atomic mass is 79.9. The van der Waals surface area contributed by atoms with Crippen molar-refractivity contribution in [3.8, 4) is 28.7 Å². The normalized spacial score (nSPS) is 11.2. The number of halogens is 1. The number of ether oxygens (including phenoxy) is 4. The van der Waals surface area contributed by atoms with Gasteiger partial charge >= 0.3 is 10.3 Å². The molecule has 0 aliphatic carbocycles. The molecule has 3 aromatic carbocycles. The van der Waals surface area contributed by atoms with Gasteiger partial charge in [0, 0.05) is 40.8 Å². The van der Waals surface area contributed by atoms with Crippen LogP contribution in [0.3, 0.4) is 0 Å². The Morgan fingerprint density at radius 1 is 0.676 bits per heavy atom. The number of methoxy groups -OCH3 is 4. The van der Waals surface area contributed by atoms with Crippen LogP contribution >= 0.6 is 15.9 Å². The minimum atomic E-state index is -4.22. The van der Waals surface area contributed by atoms with Gasteiger partial charge in [0.25, 0.3) is 0 Å². The number of hydrogen-bond donors (Lipinski definition) is 0. The molecule has 0 N–H and O–H groups in total. The summed E-state index contributed by atoms with van der Waals surface area (Å²) in [7, 11) is 1.91. The van der Waals surface area contributed by atoms with Gasteiger partial charge in [-0.05, 0) is 36.4 Å². The molecular formula is C24H26BrNO7S. The van der Waals surface area contributed by atoms with E-state index in [0.29, 0.717) is 34.1 Å². The highest BCUT2D eigenvalue weighted by molar-refractivity contribution is 9.10. The maximum Gasteiger partial charge on any atom is 0.385 e. The van der Waals surface area contributed by atoms with Crippen LogP contribution < -0.4 is 23.1 Å². The van der Waals surface area contributed by atoms with E-state index in [1.54, 1.807) is 74.9 Å². The van der Waals surface area contributed by atoms with Crippen LogP contribution in [-0.2, 0) is 23.4 Å². The standard InChI is InChI=1S/C24H26BrNO7S/c1-29-21-9-5-17(23(13-21)31-3)15-26(16-18-6-10-22(30-2)14-24(18)32-4)34(27,28)33-20-11-7-19(25)8-12-20/h5-14H,15-16H2,1-4H3. The summed E-state index contributed by atoms with van der Waals surface area (Å²) < 4.78 is 55.7. The number of benzene rings is 3. The largest absolute Gasteiger partial charge is 0.497 e. The zero-order valence-electron chi connectivity index (χ0n) is 19.3. The second-order valence-corrected chi connectivity index (χ2v) is 9.57. The average Bonchev–Trinajstić information content (AvgIpc) is 2.85. The topological polar surface area (TPSA) is 83.5 Å². The molecule has 3 rings (SSSR count). The first-order chi connectivity index (χ1) is 16.3. The molecule has 0 saturated heterocycles. The van der Waals surface area contributed by atoms with E-state index in [0.717, 1.165) is 4.47 Å². The minimum Gasteiger partial charge on any atom is -0.497 e. The third-order valence-corrected chi connectivity index (χ3v) is 6.84. The van der Waals surface area contributed by atoms with Gasteiger partial charge in [0.05, 0.1) is 28.4 Å². The molecule has 0 radical (unpaired) electrons. The summed E-state index contributed by atoms with van der Waals surface area (Å²) in [5, 5.41) is 0. The molecule has 10 heteroatoms. The van der Waals surface area contributed by atoms with Crippen LogP contribution in [0.2, 0.25) is 0 Å². The summed E-state index contributed by atoms with van der Waals surface area (Å²) in [6.45, 7) is -0.0254. The van der Waals surface area contributed by atoms with E-state index in [4.69, 9.17) is 23.1 Å². The van der Waals surface area contributed by atoms with Gasteiger partial charge in [0.1, 0.15) is 28.7 Å². The van der Waals surface area contributed by atoms with E-state index in [-0.39, 0.29) is 18.8 Å². The predicted molar refractivity (Wildman–Crippen MR) is 132 cm³/mol. The molecule has 0 aromatic heterocycles. The fourth-order valence-corrected chi connectivity index (χ4v) is 4.54. The molecule has 0 aliphatic heterocycles. The monoisotopic (exact) mass is 551 g/mol. The van der Waals surface area contributed by atoms with E-state index in [2.05, 4.69) is 15.9 Å². The van der Waals surface area contributed by atoms with Gasteiger partial charge in [-0.25, -0.2) is 0 Å². The van der Waals surface area contributed by atoms with Crippen molar-refractivity contribution in [2.24, 2.45) is 0 Å². The number of hydrogen-bond acceptors (Lipinski definition) is 7. The van der Waals surface area contributed by atoms with Crippen molar-refractivity contribution in [1.82, 2.24) is 4.31 Å². The Kier molecular flexibility index (Phi) is 8.65. The lowest BCUT2D eigenvalue weighted by Crippen LogP contribution is -2.34. The molecular weight excluding hydrogens is 526 g/mol. The lowest BCUT2D eigenvalue weighted by atomic mass is 10.1. The molecule has 0 amide bonds. The van der Waals surface area contributed by atoms with Crippen LogP contribution in [0.5, 0.6) is 28.7 Å². The highest BCUT2D eigenvalue weighted by Gasteiger charge is 2.27. The molecule has 0 atom stereocenters. The van der Waals surface area contributed by atoms with Crippen molar-refractivity contribution in [2.45, 2.75) is 13.1 Å². The first-order valence-electron chi connectivity index (χ1n) is 10.2. The average molecular weight is 552 g/mol. The highest BCUT2D eigenvalue weighted by Crippen LogP contribution is 2.31. The van der Waals surface area contributed by atoms with Gasteiger partial charge in [-0.2, -0.15) is 12.7 Å². The number of nitrogens with zero attached hydrogens (tertiary/aromatic N) is 1. The van der Waals surface area contributed by atoms with Gasteiger partial charge in [0.2, 0.25) is 0 Å². The Hall–Kier alpha value is -2.95. The summed E-state index contributed by atoms with van der Waals surface area (Å²) in [5.41, 5.74) is 1.28. The summed E-state index contributed by atoms with van der Waals surface area (Å²) in [5.74, 6) is 2.36. The third kappa shape index (κ3) is 6.34.